The molecular weight excluding hydrogens is 286 g/mol. The Hall–Kier alpha value is -2.32. The van der Waals surface area contributed by atoms with Crippen molar-refractivity contribution in [3.63, 3.8) is 0 Å². The molecular formula is C14H9ClF2N2O. The molecule has 0 saturated heterocycles. The second-order valence-electron chi connectivity index (χ2n) is 3.87. The minimum absolute atomic E-state index is 0.109. The van der Waals surface area contributed by atoms with Crippen LogP contribution in [-0.4, -0.2) is 7.11 Å². The van der Waals surface area contributed by atoms with E-state index in [2.05, 4.69) is 5.32 Å². The van der Waals surface area contributed by atoms with Crippen LogP contribution >= 0.6 is 11.6 Å². The number of hydrogen-bond acceptors (Lipinski definition) is 3. The zero-order valence-electron chi connectivity index (χ0n) is 10.4. The van der Waals surface area contributed by atoms with E-state index in [0.29, 0.717) is 16.5 Å². The summed E-state index contributed by atoms with van der Waals surface area (Å²) in [6.07, 6.45) is 0. The monoisotopic (exact) mass is 294 g/mol. The van der Waals surface area contributed by atoms with Crippen LogP contribution in [0.3, 0.4) is 0 Å². The molecule has 2 aromatic rings. The molecule has 0 spiro atoms. The van der Waals surface area contributed by atoms with Crippen LogP contribution < -0.4 is 10.1 Å². The lowest BCUT2D eigenvalue weighted by atomic mass is 10.2. The van der Waals surface area contributed by atoms with Gasteiger partial charge in [-0.25, -0.2) is 8.78 Å². The van der Waals surface area contributed by atoms with Crippen molar-refractivity contribution in [1.82, 2.24) is 0 Å². The first-order valence-electron chi connectivity index (χ1n) is 5.55. The third-order valence-electron chi connectivity index (χ3n) is 2.63. The number of halogens is 3. The Bertz CT molecular complexity index is 698. The van der Waals surface area contributed by atoms with Crippen LogP contribution in [0.15, 0.2) is 30.3 Å². The van der Waals surface area contributed by atoms with Gasteiger partial charge in [0.15, 0.2) is 11.6 Å². The van der Waals surface area contributed by atoms with Crippen LogP contribution in [-0.2, 0) is 0 Å². The lowest BCUT2D eigenvalue weighted by molar-refractivity contribution is 0.416. The van der Waals surface area contributed by atoms with E-state index in [1.54, 1.807) is 18.2 Å². The molecule has 0 aliphatic rings. The number of nitrogens with zero attached hydrogens (tertiary/aromatic N) is 1. The molecule has 0 amide bonds. The lowest BCUT2D eigenvalue weighted by Gasteiger charge is -2.12. The van der Waals surface area contributed by atoms with E-state index < -0.39 is 11.6 Å². The number of benzene rings is 2. The first-order chi connectivity index (χ1) is 9.56. The van der Waals surface area contributed by atoms with Gasteiger partial charge in [0.2, 0.25) is 0 Å². The SMILES string of the molecule is COc1ccc(Cl)cc1Nc1ccc(C#N)c(F)c1F. The highest BCUT2D eigenvalue weighted by Crippen LogP contribution is 2.32. The Morgan fingerprint density at radius 1 is 1.15 bits per heavy atom. The number of nitriles is 1. The van der Waals surface area contributed by atoms with Crippen LogP contribution in [0.1, 0.15) is 5.56 Å². The van der Waals surface area contributed by atoms with E-state index in [4.69, 9.17) is 21.6 Å². The van der Waals surface area contributed by atoms with Gasteiger partial charge in [-0.05, 0) is 30.3 Å². The fourth-order valence-corrected chi connectivity index (χ4v) is 1.83. The number of rotatable bonds is 3. The quantitative estimate of drug-likeness (QED) is 0.921. The maximum absolute atomic E-state index is 13.8. The van der Waals surface area contributed by atoms with Crippen LogP contribution in [0.4, 0.5) is 20.2 Å². The van der Waals surface area contributed by atoms with Crippen LogP contribution in [0.25, 0.3) is 0 Å². The van der Waals surface area contributed by atoms with E-state index in [9.17, 15) is 8.78 Å². The van der Waals surface area contributed by atoms with Crippen molar-refractivity contribution in [3.8, 4) is 11.8 Å². The first-order valence-corrected chi connectivity index (χ1v) is 5.93. The molecule has 0 aromatic heterocycles. The average molecular weight is 295 g/mol. The van der Waals surface area contributed by atoms with Crippen molar-refractivity contribution < 1.29 is 13.5 Å². The molecule has 0 aliphatic heterocycles. The standard InChI is InChI=1S/C14H9ClF2N2O/c1-20-12-5-3-9(15)6-11(12)19-10-4-2-8(7-18)13(16)14(10)17/h2-6,19H,1H3. The van der Waals surface area contributed by atoms with Gasteiger partial charge in [-0.1, -0.05) is 11.6 Å². The third-order valence-corrected chi connectivity index (χ3v) is 2.87. The van der Waals surface area contributed by atoms with Gasteiger partial charge >= 0.3 is 0 Å². The third kappa shape index (κ3) is 2.65. The van der Waals surface area contributed by atoms with Gasteiger partial charge in [0.1, 0.15) is 11.8 Å². The molecule has 0 saturated carbocycles. The van der Waals surface area contributed by atoms with Crippen molar-refractivity contribution in [2.24, 2.45) is 0 Å². The molecule has 1 N–H and O–H groups in total. The Morgan fingerprint density at radius 2 is 1.90 bits per heavy atom. The van der Waals surface area contributed by atoms with Gasteiger partial charge in [0.25, 0.3) is 0 Å². The molecule has 20 heavy (non-hydrogen) atoms. The smallest absolute Gasteiger partial charge is 0.183 e. The summed E-state index contributed by atoms with van der Waals surface area (Å²) in [7, 11) is 1.45. The predicted octanol–water partition coefficient (Wildman–Crippen LogP) is 4.24. The van der Waals surface area contributed by atoms with Gasteiger partial charge in [0, 0.05) is 5.02 Å². The summed E-state index contributed by atoms with van der Waals surface area (Å²) >= 11 is 5.85. The van der Waals surface area contributed by atoms with Crippen LogP contribution in [0.5, 0.6) is 5.75 Å². The maximum Gasteiger partial charge on any atom is 0.183 e. The van der Waals surface area contributed by atoms with Gasteiger partial charge in [-0.15, -0.1) is 0 Å². The van der Waals surface area contributed by atoms with E-state index in [0.717, 1.165) is 0 Å². The molecule has 0 radical (unpaired) electrons. The number of methoxy groups -OCH3 is 1. The van der Waals surface area contributed by atoms with Crippen molar-refractivity contribution in [1.29, 1.82) is 5.26 Å². The summed E-state index contributed by atoms with van der Waals surface area (Å²) in [5, 5.41) is 11.7. The normalized spacial score (nSPS) is 9.95. The van der Waals surface area contributed by atoms with E-state index in [-0.39, 0.29) is 11.3 Å². The molecule has 0 aliphatic carbocycles. The van der Waals surface area contributed by atoms with Crippen LogP contribution in [0, 0.1) is 23.0 Å². The van der Waals surface area contributed by atoms with Crippen molar-refractivity contribution in [2.45, 2.75) is 0 Å². The Balaban J connectivity index is 2.43. The molecule has 0 atom stereocenters. The summed E-state index contributed by atoms with van der Waals surface area (Å²) in [4.78, 5) is 0. The van der Waals surface area contributed by atoms with Crippen LogP contribution in [0.2, 0.25) is 5.02 Å². The largest absolute Gasteiger partial charge is 0.495 e. The highest BCUT2D eigenvalue weighted by molar-refractivity contribution is 6.31. The predicted molar refractivity (Wildman–Crippen MR) is 72.4 cm³/mol. The molecule has 0 bridgehead atoms. The molecule has 6 heteroatoms. The number of ether oxygens (including phenoxy) is 1. The van der Waals surface area contributed by atoms with Gasteiger partial charge in [0.05, 0.1) is 24.0 Å². The summed E-state index contributed by atoms with van der Waals surface area (Å²) in [6.45, 7) is 0. The minimum Gasteiger partial charge on any atom is -0.495 e. The number of nitrogens with one attached hydrogen (secondary N) is 1. The highest BCUT2D eigenvalue weighted by atomic mass is 35.5. The molecule has 2 aromatic carbocycles. The second kappa shape index (κ2) is 5.76. The van der Waals surface area contributed by atoms with E-state index in [1.807, 2.05) is 0 Å². The summed E-state index contributed by atoms with van der Waals surface area (Å²) < 4.78 is 32.4. The minimum atomic E-state index is -1.20. The molecule has 0 heterocycles. The second-order valence-corrected chi connectivity index (χ2v) is 4.31. The summed E-state index contributed by atoms with van der Waals surface area (Å²) in [5.41, 5.74) is -0.0730. The highest BCUT2D eigenvalue weighted by Gasteiger charge is 2.14. The van der Waals surface area contributed by atoms with Crippen molar-refractivity contribution in [2.75, 3.05) is 12.4 Å². The topological polar surface area (TPSA) is 45.0 Å². The molecule has 0 fully saturated rings. The zero-order chi connectivity index (χ0) is 14.7. The fraction of sp³-hybridized carbons (Fsp3) is 0.0714. The number of hydrogen-bond donors (Lipinski definition) is 1. The van der Waals surface area contributed by atoms with Gasteiger partial charge < -0.3 is 10.1 Å². The van der Waals surface area contributed by atoms with Crippen molar-refractivity contribution >= 4 is 23.0 Å². The maximum atomic E-state index is 13.8. The summed E-state index contributed by atoms with van der Waals surface area (Å²) in [5.74, 6) is -1.90. The Labute approximate surface area is 119 Å². The number of anilines is 2. The molecule has 2 rings (SSSR count). The molecule has 102 valence electrons. The first kappa shape index (κ1) is 14.1. The van der Waals surface area contributed by atoms with Gasteiger partial charge in [-0.3, -0.25) is 0 Å². The van der Waals surface area contributed by atoms with Crippen molar-refractivity contribution in [3.05, 3.63) is 52.6 Å². The molecule has 3 nitrogen and oxygen atoms in total. The van der Waals surface area contributed by atoms with E-state index in [1.165, 1.54) is 25.3 Å². The van der Waals surface area contributed by atoms with Gasteiger partial charge in [-0.2, -0.15) is 5.26 Å². The lowest BCUT2D eigenvalue weighted by Crippen LogP contribution is -2.00. The van der Waals surface area contributed by atoms with E-state index >= 15 is 0 Å². The summed E-state index contributed by atoms with van der Waals surface area (Å²) in [6, 6.07) is 8.77. The fourth-order valence-electron chi connectivity index (χ4n) is 1.66. The molecule has 0 unspecified atom stereocenters. The Morgan fingerprint density at radius 3 is 2.55 bits per heavy atom. The zero-order valence-corrected chi connectivity index (χ0v) is 11.1. The Kier molecular flexibility index (Phi) is 4.06. The average Bonchev–Trinajstić information content (AvgIpc) is 2.44.